The lowest BCUT2D eigenvalue weighted by molar-refractivity contribution is 0.494. The monoisotopic (exact) mass is 231 g/mol. The van der Waals surface area contributed by atoms with Crippen LogP contribution in [0.2, 0.25) is 0 Å². The molecule has 17 heavy (non-hydrogen) atoms. The summed E-state index contributed by atoms with van der Waals surface area (Å²) >= 11 is 0. The van der Waals surface area contributed by atoms with E-state index in [1.165, 1.54) is 0 Å². The van der Waals surface area contributed by atoms with E-state index in [4.69, 9.17) is 4.42 Å². The number of nitrogens with one attached hydrogen (secondary N) is 1. The molecule has 0 aliphatic rings. The molecule has 0 spiro atoms. The first kappa shape index (κ1) is 11.6. The molecule has 4 heteroatoms. The number of aromatic nitrogens is 2. The molecule has 90 valence electrons. The topological polar surface area (TPSA) is 51.0 Å². The number of anilines is 1. The van der Waals surface area contributed by atoms with Crippen LogP contribution < -0.4 is 5.32 Å². The molecular formula is C13H17N3O. The number of nitrogens with zero attached hydrogens (tertiary/aromatic N) is 2. The summed E-state index contributed by atoms with van der Waals surface area (Å²) in [6.07, 6.45) is 5.39. The molecule has 0 aromatic carbocycles. The van der Waals surface area contributed by atoms with E-state index in [-0.39, 0.29) is 0 Å². The highest BCUT2D eigenvalue weighted by Gasteiger charge is 2.05. The summed E-state index contributed by atoms with van der Waals surface area (Å²) in [5.41, 5.74) is 1.11. The third-order valence-corrected chi connectivity index (χ3v) is 2.59. The lowest BCUT2D eigenvalue weighted by Crippen LogP contribution is -2.17. The van der Waals surface area contributed by atoms with Crippen molar-refractivity contribution in [3.8, 4) is 0 Å². The summed E-state index contributed by atoms with van der Waals surface area (Å²) < 4.78 is 5.30. The molecule has 0 aliphatic carbocycles. The minimum Gasteiger partial charge on any atom is -0.469 e. The first-order valence-electron chi connectivity index (χ1n) is 5.82. The van der Waals surface area contributed by atoms with Crippen LogP contribution in [0.1, 0.15) is 24.7 Å². The lowest BCUT2D eigenvalue weighted by atomic mass is 10.1. The Labute approximate surface area is 101 Å². The van der Waals surface area contributed by atoms with Crippen molar-refractivity contribution in [2.45, 2.75) is 32.7 Å². The van der Waals surface area contributed by atoms with Gasteiger partial charge in [0.1, 0.15) is 11.6 Å². The van der Waals surface area contributed by atoms with Crippen molar-refractivity contribution in [3.63, 3.8) is 0 Å². The molecule has 1 unspecified atom stereocenters. The van der Waals surface area contributed by atoms with Crippen LogP contribution in [0.4, 0.5) is 5.82 Å². The quantitative estimate of drug-likeness (QED) is 0.859. The Balaban J connectivity index is 1.83. The van der Waals surface area contributed by atoms with Gasteiger partial charge in [-0.3, -0.25) is 0 Å². The Morgan fingerprint density at radius 1 is 1.47 bits per heavy atom. The highest BCUT2D eigenvalue weighted by molar-refractivity contribution is 5.35. The zero-order valence-electron chi connectivity index (χ0n) is 10.2. The molecular weight excluding hydrogens is 214 g/mol. The fourth-order valence-electron chi connectivity index (χ4n) is 1.67. The number of hydrogen-bond acceptors (Lipinski definition) is 4. The normalized spacial score (nSPS) is 12.4. The maximum absolute atomic E-state index is 5.30. The molecule has 0 aliphatic heterocycles. The third-order valence-electron chi connectivity index (χ3n) is 2.59. The van der Waals surface area contributed by atoms with Crippen LogP contribution >= 0.6 is 0 Å². The highest BCUT2D eigenvalue weighted by Crippen LogP contribution is 2.10. The Kier molecular flexibility index (Phi) is 3.75. The van der Waals surface area contributed by atoms with E-state index in [1.807, 2.05) is 25.1 Å². The van der Waals surface area contributed by atoms with Gasteiger partial charge in [-0.25, -0.2) is 0 Å². The van der Waals surface area contributed by atoms with E-state index >= 15 is 0 Å². The molecule has 2 rings (SSSR count). The Morgan fingerprint density at radius 3 is 3.06 bits per heavy atom. The van der Waals surface area contributed by atoms with E-state index in [1.54, 1.807) is 12.5 Å². The van der Waals surface area contributed by atoms with Gasteiger partial charge in [-0.1, -0.05) is 0 Å². The second-order valence-corrected chi connectivity index (χ2v) is 4.28. The van der Waals surface area contributed by atoms with E-state index in [9.17, 15) is 0 Å². The first-order valence-corrected chi connectivity index (χ1v) is 5.82. The summed E-state index contributed by atoms with van der Waals surface area (Å²) in [7, 11) is 0. The number of rotatable bonds is 5. The van der Waals surface area contributed by atoms with Gasteiger partial charge in [0, 0.05) is 12.5 Å². The number of furan rings is 1. The van der Waals surface area contributed by atoms with Crippen molar-refractivity contribution in [1.29, 1.82) is 0 Å². The standard InChI is InChI=1S/C13H17N3O/c1-10-8-13(16-14-9-10)15-11(2)5-6-12-4-3-7-17-12/h3-4,7-9,11H,5-6H2,1-2H3,(H,15,16). The summed E-state index contributed by atoms with van der Waals surface area (Å²) in [4.78, 5) is 0. The van der Waals surface area contributed by atoms with Gasteiger partial charge in [0.05, 0.1) is 12.5 Å². The van der Waals surface area contributed by atoms with Crippen LogP contribution in [0.25, 0.3) is 0 Å². The molecule has 0 saturated carbocycles. The molecule has 2 aromatic heterocycles. The van der Waals surface area contributed by atoms with E-state index in [0.717, 1.165) is 30.0 Å². The van der Waals surface area contributed by atoms with E-state index in [0.29, 0.717) is 6.04 Å². The molecule has 0 radical (unpaired) electrons. The third kappa shape index (κ3) is 3.59. The fraction of sp³-hybridized carbons (Fsp3) is 0.385. The van der Waals surface area contributed by atoms with Crippen LogP contribution in [0, 0.1) is 6.92 Å². The highest BCUT2D eigenvalue weighted by atomic mass is 16.3. The van der Waals surface area contributed by atoms with Crippen molar-refractivity contribution in [1.82, 2.24) is 10.2 Å². The van der Waals surface area contributed by atoms with Crippen molar-refractivity contribution in [3.05, 3.63) is 42.0 Å². The van der Waals surface area contributed by atoms with E-state index in [2.05, 4.69) is 22.4 Å². The van der Waals surface area contributed by atoms with Crippen LogP contribution in [-0.2, 0) is 6.42 Å². The Hall–Kier alpha value is -1.84. The Bertz CT molecular complexity index is 453. The summed E-state index contributed by atoms with van der Waals surface area (Å²) in [5, 5.41) is 11.3. The summed E-state index contributed by atoms with van der Waals surface area (Å²) in [5.74, 6) is 1.85. The predicted molar refractivity (Wildman–Crippen MR) is 66.9 cm³/mol. The van der Waals surface area contributed by atoms with Crippen LogP contribution in [0.3, 0.4) is 0 Å². The van der Waals surface area contributed by atoms with Crippen molar-refractivity contribution >= 4 is 5.82 Å². The fourth-order valence-corrected chi connectivity index (χ4v) is 1.67. The summed E-state index contributed by atoms with van der Waals surface area (Å²) in [6, 6.07) is 6.26. The second-order valence-electron chi connectivity index (χ2n) is 4.28. The number of hydrogen-bond donors (Lipinski definition) is 1. The summed E-state index contributed by atoms with van der Waals surface area (Å²) in [6.45, 7) is 4.14. The number of aryl methyl sites for hydroxylation is 2. The van der Waals surface area contributed by atoms with Crippen molar-refractivity contribution in [2.75, 3.05) is 5.32 Å². The van der Waals surface area contributed by atoms with Crippen molar-refractivity contribution < 1.29 is 4.42 Å². The van der Waals surface area contributed by atoms with Gasteiger partial charge in [0.25, 0.3) is 0 Å². The average Bonchev–Trinajstić information content (AvgIpc) is 2.79. The Morgan fingerprint density at radius 2 is 2.35 bits per heavy atom. The molecule has 1 N–H and O–H groups in total. The molecule has 1 atom stereocenters. The SMILES string of the molecule is Cc1cnnc(NC(C)CCc2ccco2)c1. The van der Waals surface area contributed by atoms with Gasteiger partial charge < -0.3 is 9.73 Å². The van der Waals surface area contributed by atoms with Crippen LogP contribution in [0.15, 0.2) is 35.1 Å². The minimum atomic E-state index is 0.344. The van der Waals surface area contributed by atoms with Gasteiger partial charge >= 0.3 is 0 Å². The molecule has 0 fully saturated rings. The van der Waals surface area contributed by atoms with Crippen LogP contribution in [0.5, 0.6) is 0 Å². The van der Waals surface area contributed by atoms with Gasteiger partial charge in [-0.05, 0) is 44.0 Å². The zero-order valence-corrected chi connectivity index (χ0v) is 10.2. The largest absolute Gasteiger partial charge is 0.469 e. The molecule has 2 aromatic rings. The van der Waals surface area contributed by atoms with Crippen molar-refractivity contribution in [2.24, 2.45) is 0 Å². The van der Waals surface area contributed by atoms with E-state index < -0.39 is 0 Å². The van der Waals surface area contributed by atoms with Gasteiger partial charge in [-0.2, -0.15) is 5.10 Å². The second kappa shape index (κ2) is 5.48. The zero-order chi connectivity index (χ0) is 12.1. The van der Waals surface area contributed by atoms with Gasteiger partial charge in [-0.15, -0.1) is 5.10 Å². The van der Waals surface area contributed by atoms with Gasteiger partial charge in [0.15, 0.2) is 0 Å². The maximum Gasteiger partial charge on any atom is 0.149 e. The lowest BCUT2D eigenvalue weighted by Gasteiger charge is -2.13. The first-order chi connectivity index (χ1) is 8.24. The van der Waals surface area contributed by atoms with Crippen LogP contribution in [-0.4, -0.2) is 16.2 Å². The smallest absolute Gasteiger partial charge is 0.149 e. The molecule has 0 saturated heterocycles. The molecule has 4 nitrogen and oxygen atoms in total. The van der Waals surface area contributed by atoms with Gasteiger partial charge in [0.2, 0.25) is 0 Å². The predicted octanol–water partition coefficient (Wildman–Crippen LogP) is 2.81. The average molecular weight is 231 g/mol. The minimum absolute atomic E-state index is 0.344. The maximum atomic E-state index is 5.30. The molecule has 0 amide bonds. The molecule has 2 heterocycles. The molecule has 0 bridgehead atoms.